The molecule has 1 unspecified atom stereocenters. The summed E-state index contributed by atoms with van der Waals surface area (Å²) in [5, 5.41) is 0. The second-order valence-electron chi connectivity index (χ2n) is 7.97. The Balaban J connectivity index is 1.50. The van der Waals surface area contributed by atoms with Crippen LogP contribution >= 0.6 is 0 Å². The van der Waals surface area contributed by atoms with E-state index in [-0.39, 0.29) is 0 Å². The molecule has 0 N–H and O–H groups in total. The van der Waals surface area contributed by atoms with E-state index in [1.807, 2.05) is 0 Å². The molecular formula is C25H34O. The standard InChI is InChI=1S/C25H34O/c1-3-4-5-6-7-8-17-26-25-15-13-21(14-16-25)23-12-11-22-18-20(2)9-10-24(22)19-23/h11-16,19-20H,3-10,17-18H2,1-2H3. The maximum atomic E-state index is 5.91. The van der Waals surface area contributed by atoms with E-state index in [1.54, 1.807) is 11.1 Å². The molecule has 0 fully saturated rings. The van der Waals surface area contributed by atoms with Gasteiger partial charge in [-0.25, -0.2) is 0 Å². The van der Waals surface area contributed by atoms with Crippen molar-refractivity contribution in [3.05, 3.63) is 53.6 Å². The number of hydrogen-bond donors (Lipinski definition) is 0. The number of benzene rings is 2. The molecule has 3 rings (SSSR count). The minimum absolute atomic E-state index is 0.830. The molecule has 0 bridgehead atoms. The Morgan fingerprint density at radius 3 is 2.38 bits per heavy atom. The van der Waals surface area contributed by atoms with Crippen LogP contribution in [0.2, 0.25) is 0 Å². The van der Waals surface area contributed by atoms with Crippen LogP contribution in [0, 0.1) is 5.92 Å². The lowest BCUT2D eigenvalue weighted by Gasteiger charge is -2.22. The first-order valence-corrected chi connectivity index (χ1v) is 10.6. The second kappa shape index (κ2) is 9.80. The summed E-state index contributed by atoms with van der Waals surface area (Å²) >= 11 is 0. The lowest BCUT2D eigenvalue weighted by atomic mass is 9.83. The predicted octanol–water partition coefficient (Wildman–Crippen LogP) is 7.22. The number of hydrogen-bond acceptors (Lipinski definition) is 1. The normalized spacial score (nSPS) is 16.3. The largest absolute Gasteiger partial charge is 0.494 e. The Hall–Kier alpha value is -1.76. The summed E-state index contributed by atoms with van der Waals surface area (Å²) in [5.74, 6) is 1.82. The fourth-order valence-corrected chi connectivity index (χ4v) is 3.93. The van der Waals surface area contributed by atoms with Crippen LogP contribution in [0.5, 0.6) is 5.75 Å². The van der Waals surface area contributed by atoms with Crippen LogP contribution < -0.4 is 4.74 Å². The molecule has 0 spiro atoms. The van der Waals surface area contributed by atoms with Crippen LogP contribution in [0.25, 0.3) is 11.1 Å². The summed E-state index contributed by atoms with van der Waals surface area (Å²) < 4.78 is 5.91. The Kier molecular flexibility index (Phi) is 7.17. The molecule has 1 nitrogen and oxygen atoms in total. The molecule has 0 amide bonds. The summed E-state index contributed by atoms with van der Waals surface area (Å²) in [4.78, 5) is 0. The topological polar surface area (TPSA) is 9.23 Å². The second-order valence-corrected chi connectivity index (χ2v) is 7.97. The highest BCUT2D eigenvalue weighted by Gasteiger charge is 2.15. The molecule has 0 aliphatic heterocycles. The number of rotatable bonds is 9. The van der Waals surface area contributed by atoms with Crippen molar-refractivity contribution < 1.29 is 4.74 Å². The molecular weight excluding hydrogens is 316 g/mol. The van der Waals surface area contributed by atoms with Crippen molar-refractivity contribution in [3.63, 3.8) is 0 Å². The molecule has 1 heteroatoms. The lowest BCUT2D eigenvalue weighted by Crippen LogP contribution is -2.11. The number of fused-ring (bicyclic) bond motifs is 1. The van der Waals surface area contributed by atoms with Crippen molar-refractivity contribution in [3.8, 4) is 16.9 Å². The van der Waals surface area contributed by atoms with Gasteiger partial charge in [-0.15, -0.1) is 0 Å². The fraction of sp³-hybridized carbons (Fsp3) is 0.520. The first-order chi connectivity index (χ1) is 12.8. The number of unbranched alkanes of at least 4 members (excludes halogenated alkanes) is 5. The molecule has 1 aliphatic carbocycles. The third-order valence-corrected chi connectivity index (χ3v) is 5.64. The van der Waals surface area contributed by atoms with Crippen LogP contribution in [0.1, 0.15) is 69.9 Å². The molecule has 0 heterocycles. The Morgan fingerprint density at radius 2 is 1.58 bits per heavy atom. The average molecular weight is 351 g/mol. The van der Waals surface area contributed by atoms with Gasteiger partial charge in [-0.2, -0.15) is 0 Å². The van der Waals surface area contributed by atoms with Crippen LogP contribution in [0.15, 0.2) is 42.5 Å². The highest BCUT2D eigenvalue weighted by atomic mass is 16.5. The van der Waals surface area contributed by atoms with E-state index in [0.29, 0.717) is 0 Å². The zero-order valence-corrected chi connectivity index (χ0v) is 16.6. The van der Waals surface area contributed by atoms with Crippen LogP contribution in [-0.2, 0) is 12.8 Å². The van der Waals surface area contributed by atoms with E-state index in [2.05, 4.69) is 56.3 Å². The van der Waals surface area contributed by atoms with Gasteiger partial charge >= 0.3 is 0 Å². The SMILES string of the molecule is CCCCCCCCOc1ccc(-c2ccc3c(c2)CCC(C)C3)cc1. The molecule has 140 valence electrons. The zero-order chi connectivity index (χ0) is 18.2. The van der Waals surface area contributed by atoms with E-state index < -0.39 is 0 Å². The Morgan fingerprint density at radius 1 is 0.846 bits per heavy atom. The van der Waals surface area contributed by atoms with Gasteiger partial charge in [0, 0.05) is 0 Å². The Labute approximate surface area is 159 Å². The van der Waals surface area contributed by atoms with Crippen molar-refractivity contribution in [1.29, 1.82) is 0 Å². The van der Waals surface area contributed by atoms with E-state index in [1.165, 1.54) is 62.5 Å². The molecule has 26 heavy (non-hydrogen) atoms. The summed E-state index contributed by atoms with van der Waals surface area (Å²) in [6.07, 6.45) is 11.6. The quantitative estimate of drug-likeness (QED) is 0.434. The van der Waals surface area contributed by atoms with Gasteiger partial charge in [-0.05, 0) is 66.0 Å². The third-order valence-electron chi connectivity index (χ3n) is 5.64. The fourth-order valence-electron chi connectivity index (χ4n) is 3.93. The third kappa shape index (κ3) is 5.37. The maximum Gasteiger partial charge on any atom is 0.119 e. The van der Waals surface area contributed by atoms with Gasteiger partial charge < -0.3 is 4.74 Å². The summed E-state index contributed by atoms with van der Waals surface area (Å²) in [7, 11) is 0. The maximum absolute atomic E-state index is 5.91. The van der Waals surface area contributed by atoms with Crippen LogP contribution in [0.4, 0.5) is 0 Å². The van der Waals surface area contributed by atoms with Gasteiger partial charge in [-0.1, -0.05) is 76.3 Å². The molecule has 0 saturated heterocycles. The number of ether oxygens (including phenoxy) is 1. The first kappa shape index (κ1) is 19.0. The van der Waals surface area contributed by atoms with E-state index in [9.17, 15) is 0 Å². The minimum Gasteiger partial charge on any atom is -0.494 e. The predicted molar refractivity (Wildman–Crippen MR) is 112 cm³/mol. The molecule has 2 aromatic rings. The van der Waals surface area contributed by atoms with Crippen molar-refractivity contribution in [2.75, 3.05) is 6.61 Å². The van der Waals surface area contributed by atoms with Crippen LogP contribution in [-0.4, -0.2) is 6.61 Å². The summed E-state index contributed by atoms with van der Waals surface area (Å²) in [6, 6.07) is 15.6. The minimum atomic E-state index is 0.830. The van der Waals surface area contributed by atoms with Crippen LogP contribution in [0.3, 0.4) is 0 Å². The first-order valence-electron chi connectivity index (χ1n) is 10.6. The molecule has 1 aliphatic rings. The molecule has 0 radical (unpaired) electrons. The number of aryl methyl sites for hydroxylation is 1. The zero-order valence-electron chi connectivity index (χ0n) is 16.6. The van der Waals surface area contributed by atoms with E-state index in [0.717, 1.165) is 24.7 Å². The van der Waals surface area contributed by atoms with Gasteiger partial charge in [0.2, 0.25) is 0 Å². The van der Waals surface area contributed by atoms with Gasteiger partial charge in [0.05, 0.1) is 6.61 Å². The van der Waals surface area contributed by atoms with E-state index in [4.69, 9.17) is 4.74 Å². The molecule has 2 aromatic carbocycles. The van der Waals surface area contributed by atoms with Gasteiger partial charge in [0.1, 0.15) is 5.75 Å². The average Bonchev–Trinajstić information content (AvgIpc) is 2.67. The Bertz CT molecular complexity index is 671. The lowest BCUT2D eigenvalue weighted by molar-refractivity contribution is 0.304. The van der Waals surface area contributed by atoms with Gasteiger partial charge in [0.15, 0.2) is 0 Å². The van der Waals surface area contributed by atoms with Gasteiger partial charge in [0.25, 0.3) is 0 Å². The summed E-state index contributed by atoms with van der Waals surface area (Å²) in [6.45, 7) is 5.46. The van der Waals surface area contributed by atoms with Crippen molar-refractivity contribution in [2.45, 2.75) is 71.6 Å². The van der Waals surface area contributed by atoms with Gasteiger partial charge in [-0.3, -0.25) is 0 Å². The van der Waals surface area contributed by atoms with E-state index >= 15 is 0 Å². The smallest absolute Gasteiger partial charge is 0.119 e. The highest BCUT2D eigenvalue weighted by Crippen LogP contribution is 2.30. The van der Waals surface area contributed by atoms with Crippen molar-refractivity contribution >= 4 is 0 Å². The highest BCUT2D eigenvalue weighted by molar-refractivity contribution is 5.65. The van der Waals surface area contributed by atoms with Crippen molar-refractivity contribution in [2.24, 2.45) is 5.92 Å². The molecule has 0 aromatic heterocycles. The summed E-state index contributed by atoms with van der Waals surface area (Å²) in [5.41, 5.74) is 5.72. The van der Waals surface area contributed by atoms with Crippen molar-refractivity contribution in [1.82, 2.24) is 0 Å². The monoisotopic (exact) mass is 350 g/mol. The molecule has 1 atom stereocenters. The molecule has 0 saturated carbocycles.